The van der Waals surface area contributed by atoms with Crippen LogP contribution in [0.15, 0.2) is 52.9 Å². The number of rotatable bonds is 6. The quantitative estimate of drug-likeness (QED) is 0.624. The molecule has 1 atom stereocenters. The summed E-state index contributed by atoms with van der Waals surface area (Å²) in [6, 6.07) is 12.3. The second kappa shape index (κ2) is 8.10. The number of aliphatic hydroxyl groups is 1. The van der Waals surface area contributed by atoms with Gasteiger partial charge in [-0.1, -0.05) is 30.3 Å². The van der Waals surface area contributed by atoms with Gasteiger partial charge in [0.2, 0.25) is 11.8 Å². The molecule has 8 heteroatoms. The number of alkyl halides is 4. The molecule has 0 spiro atoms. The Hall–Kier alpha value is -2.38. The van der Waals surface area contributed by atoms with Gasteiger partial charge in [-0.05, 0) is 35.7 Å². The Kier molecular flexibility index (Phi) is 5.82. The monoisotopic (exact) mass is 396 g/mol. The fourth-order valence-electron chi connectivity index (χ4n) is 2.62. The van der Waals surface area contributed by atoms with Crippen molar-refractivity contribution in [1.29, 1.82) is 0 Å². The molecule has 0 amide bonds. The smallest absolute Gasteiger partial charge is 0.416 e. The Balaban J connectivity index is 1.82. The van der Waals surface area contributed by atoms with Crippen LogP contribution in [0.1, 0.15) is 22.6 Å². The van der Waals surface area contributed by atoms with Crippen LogP contribution in [0.3, 0.4) is 0 Å². The Bertz CT molecular complexity index is 894. The van der Waals surface area contributed by atoms with Crippen LogP contribution in [0, 0.1) is 0 Å². The van der Waals surface area contributed by atoms with Gasteiger partial charge in [-0.15, -0.1) is 21.8 Å². The molecule has 1 N–H and O–H groups in total. The van der Waals surface area contributed by atoms with Crippen molar-refractivity contribution in [3.05, 3.63) is 71.1 Å². The summed E-state index contributed by atoms with van der Waals surface area (Å²) in [6.45, 7) is 0. The highest BCUT2D eigenvalue weighted by molar-refractivity contribution is 6.18. The highest BCUT2D eigenvalue weighted by Gasteiger charge is 2.29. The molecule has 0 bridgehead atoms. The van der Waals surface area contributed by atoms with Crippen LogP contribution < -0.4 is 0 Å². The second-order valence-electron chi connectivity index (χ2n) is 6.04. The first-order valence-electron chi connectivity index (χ1n) is 8.17. The summed E-state index contributed by atoms with van der Waals surface area (Å²) in [7, 11) is 0. The van der Waals surface area contributed by atoms with Gasteiger partial charge < -0.3 is 9.52 Å². The fraction of sp³-hybridized carbons (Fsp3) is 0.263. The molecule has 4 nitrogen and oxygen atoms in total. The van der Waals surface area contributed by atoms with Crippen molar-refractivity contribution in [2.75, 3.05) is 5.88 Å². The van der Waals surface area contributed by atoms with Gasteiger partial charge in [0.1, 0.15) is 0 Å². The predicted molar refractivity (Wildman–Crippen MR) is 94.4 cm³/mol. The number of hydrogen-bond acceptors (Lipinski definition) is 4. The summed E-state index contributed by atoms with van der Waals surface area (Å²) < 4.78 is 43.7. The number of hydrogen-bond donors (Lipinski definition) is 1. The first-order valence-corrected chi connectivity index (χ1v) is 8.71. The lowest BCUT2D eigenvalue weighted by molar-refractivity contribution is -0.137. The van der Waals surface area contributed by atoms with Crippen molar-refractivity contribution in [3.63, 3.8) is 0 Å². The number of halogens is 4. The van der Waals surface area contributed by atoms with Crippen molar-refractivity contribution >= 4 is 11.6 Å². The van der Waals surface area contributed by atoms with Gasteiger partial charge in [0.15, 0.2) is 0 Å². The predicted octanol–water partition coefficient (Wildman–Crippen LogP) is 4.49. The van der Waals surface area contributed by atoms with E-state index in [1.54, 1.807) is 6.07 Å². The SMILES string of the molecule is OC(CCl)Cc1nnc(-c2ccccc2Cc2ccc(C(F)(F)F)cc2)o1. The molecule has 1 heterocycles. The molecule has 3 rings (SSSR count). The standard InChI is InChI=1S/C19H16ClF3N2O2/c20-11-15(26)10-17-24-25-18(27-17)16-4-2-1-3-13(16)9-12-5-7-14(8-6-12)19(21,22)23/h1-8,15,26H,9-11H2. The van der Waals surface area contributed by atoms with Crippen LogP contribution >= 0.6 is 11.6 Å². The molecule has 0 aliphatic rings. The minimum Gasteiger partial charge on any atom is -0.421 e. The van der Waals surface area contributed by atoms with Gasteiger partial charge in [-0.2, -0.15) is 13.2 Å². The van der Waals surface area contributed by atoms with E-state index >= 15 is 0 Å². The molecule has 0 saturated heterocycles. The molecule has 1 aromatic heterocycles. The van der Waals surface area contributed by atoms with E-state index in [2.05, 4.69) is 10.2 Å². The fourth-order valence-corrected chi connectivity index (χ4v) is 2.72. The van der Waals surface area contributed by atoms with E-state index < -0.39 is 17.8 Å². The van der Waals surface area contributed by atoms with Gasteiger partial charge in [-0.3, -0.25) is 0 Å². The molecule has 27 heavy (non-hydrogen) atoms. The maximum atomic E-state index is 12.7. The Morgan fingerprint density at radius 1 is 1.04 bits per heavy atom. The largest absolute Gasteiger partial charge is 0.421 e. The zero-order valence-electron chi connectivity index (χ0n) is 14.1. The van der Waals surface area contributed by atoms with Gasteiger partial charge >= 0.3 is 6.18 Å². The lowest BCUT2D eigenvalue weighted by atomic mass is 9.99. The van der Waals surface area contributed by atoms with Gasteiger partial charge in [0.25, 0.3) is 0 Å². The van der Waals surface area contributed by atoms with Crippen molar-refractivity contribution in [3.8, 4) is 11.5 Å². The summed E-state index contributed by atoms with van der Waals surface area (Å²) in [5.74, 6) is 0.610. The number of aromatic nitrogens is 2. The van der Waals surface area contributed by atoms with E-state index in [0.29, 0.717) is 12.0 Å². The molecule has 0 aliphatic carbocycles. The number of benzene rings is 2. The third kappa shape index (κ3) is 4.87. The Labute approximate surface area is 158 Å². The lowest BCUT2D eigenvalue weighted by Crippen LogP contribution is -2.11. The minimum atomic E-state index is -4.36. The summed E-state index contributed by atoms with van der Waals surface area (Å²) in [4.78, 5) is 0. The summed E-state index contributed by atoms with van der Waals surface area (Å²) in [6.07, 6.45) is -4.57. The lowest BCUT2D eigenvalue weighted by Gasteiger charge is -2.09. The maximum absolute atomic E-state index is 12.7. The molecule has 0 saturated carbocycles. The molecule has 0 aliphatic heterocycles. The van der Waals surface area contributed by atoms with Gasteiger partial charge in [0.05, 0.1) is 18.1 Å². The first-order chi connectivity index (χ1) is 12.9. The van der Waals surface area contributed by atoms with E-state index in [0.717, 1.165) is 23.3 Å². The number of nitrogens with zero attached hydrogens (tertiary/aromatic N) is 2. The van der Waals surface area contributed by atoms with Gasteiger partial charge in [0, 0.05) is 11.4 Å². The maximum Gasteiger partial charge on any atom is 0.416 e. The second-order valence-corrected chi connectivity index (χ2v) is 6.35. The average molecular weight is 397 g/mol. The zero-order valence-corrected chi connectivity index (χ0v) is 14.8. The van der Waals surface area contributed by atoms with Crippen LogP contribution in [0.5, 0.6) is 0 Å². The van der Waals surface area contributed by atoms with E-state index in [-0.39, 0.29) is 24.1 Å². The topological polar surface area (TPSA) is 59.2 Å². The van der Waals surface area contributed by atoms with Crippen LogP contribution in [0.25, 0.3) is 11.5 Å². The highest BCUT2D eigenvalue weighted by atomic mass is 35.5. The van der Waals surface area contributed by atoms with Crippen molar-refractivity contribution in [1.82, 2.24) is 10.2 Å². The highest BCUT2D eigenvalue weighted by Crippen LogP contribution is 2.30. The summed E-state index contributed by atoms with van der Waals surface area (Å²) in [5, 5.41) is 17.5. The average Bonchev–Trinajstić information content (AvgIpc) is 3.10. The molecule has 1 unspecified atom stereocenters. The normalized spacial score (nSPS) is 12.9. The third-order valence-electron chi connectivity index (χ3n) is 3.98. The van der Waals surface area contributed by atoms with Crippen LogP contribution in [0.2, 0.25) is 0 Å². The third-order valence-corrected chi connectivity index (χ3v) is 4.34. The molecular formula is C19H16ClF3N2O2. The molecule has 0 fully saturated rings. The van der Waals surface area contributed by atoms with Crippen LogP contribution in [-0.4, -0.2) is 27.3 Å². The van der Waals surface area contributed by atoms with Crippen molar-refractivity contribution < 1.29 is 22.7 Å². The minimum absolute atomic E-state index is 0.0578. The van der Waals surface area contributed by atoms with E-state index in [1.165, 1.54) is 12.1 Å². The Morgan fingerprint density at radius 2 is 1.74 bits per heavy atom. The summed E-state index contributed by atoms with van der Waals surface area (Å²) >= 11 is 5.57. The molecule has 142 valence electrons. The molecule has 2 aromatic carbocycles. The first kappa shape index (κ1) is 19.4. The Morgan fingerprint density at radius 3 is 2.41 bits per heavy atom. The van der Waals surface area contributed by atoms with E-state index in [4.69, 9.17) is 16.0 Å². The van der Waals surface area contributed by atoms with Crippen molar-refractivity contribution in [2.45, 2.75) is 25.1 Å². The summed E-state index contributed by atoms with van der Waals surface area (Å²) in [5.41, 5.74) is 1.58. The van der Waals surface area contributed by atoms with E-state index in [9.17, 15) is 18.3 Å². The van der Waals surface area contributed by atoms with Crippen LogP contribution in [0.4, 0.5) is 13.2 Å². The number of aliphatic hydroxyl groups excluding tert-OH is 1. The van der Waals surface area contributed by atoms with Crippen molar-refractivity contribution in [2.24, 2.45) is 0 Å². The van der Waals surface area contributed by atoms with Crippen LogP contribution in [-0.2, 0) is 19.0 Å². The molecule has 0 radical (unpaired) electrons. The molecular weight excluding hydrogens is 381 g/mol. The zero-order chi connectivity index (χ0) is 19.4. The molecule has 3 aromatic rings. The van der Waals surface area contributed by atoms with E-state index in [1.807, 2.05) is 18.2 Å². The van der Waals surface area contributed by atoms with Gasteiger partial charge in [-0.25, -0.2) is 0 Å².